The molecule has 4 aliphatic carbocycles. The highest BCUT2D eigenvalue weighted by molar-refractivity contribution is 6.42. The molecular formula is C19H16Cl2N2O3. The maximum Gasteiger partial charge on any atom is 0.244 e. The summed E-state index contributed by atoms with van der Waals surface area (Å²) in [5, 5.41) is 3.38. The van der Waals surface area contributed by atoms with Gasteiger partial charge in [0.25, 0.3) is 0 Å². The van der Waals surface area contributed by atoms with Crippen LogP contribution in [0.25, 0.3) is 0 Å². The SMILES string of the molecule is O=C(CN1C(=O)[C@@H]2[C@H]3C=C[C@H]([C@H]4C[C@H]34)[C@@H]2C1=O)Nc1ccc(Cl)c(Cl)c1. The summed E-state index contributed by atoms with van der Waals surface area (Å²) in [5.74, 6) is 0.0420. The normalized spacial score (nSPS) is 36.2. The average molecular weight is 391 g/mol. The molecule has 0 unspecified atom stereocenters. The van der Waals surface area contributed by atoms with Gasteiger partial charge >= 0.3 is 0 Å². The Bertz CT molecular complexity index is 848. The van der Waals surface area contributed by atoms with Crippen LogP contribution < -0.4 is 5.32 Å². The van der Waals surface area contributed by atoms with E-state index in [0.717, 1.165) is 11.3 Å². The van der Waals surface area contributed by atoms with Crippen LogP contribution in [0.3, 0.4) is 0 Å². The number of amides is 3. The highest BCUT2D eigenvalue weighted by Gasteiger charge is 2.67. The van der Waals surface area contributed by atoms with Crippen LogP contribution >= 0.6 is 23.2 Å². The number of allylic oxidation sites excluding steroid dienone is 2. The molecule has 1 aliphatic heterocycles. The predicted octanol–water partition coefficient (Wildman–Crippen LogP) is 2.99. The van der Waals surface area contributed by atoms with Crippen LogP contribution in [0.5, 0.6) is 0 Å². The summed E-state index contributed by atoms with van der Waals surface area (Å²) in [6, 6.07) is 4.74. The van der Waals surface area contributed by atoms with Gasteiger partial charge in [-0.25, -0.2) is 0 Å². The Morgan fingerprint density at radius 3 is 2.23 bits per heavy atom. The van der Waals surface area contributed by atoms with Gasteiger partial charge in [0, 0.05) is 5.69 Å². The zero-order valence-electron chi connectivity index (χ0n) is 13.7. The fraction of sp³-hybridized carbons (Fsp3) is 0.421. The number of nitrogens with zero attached hydrogens (tertiary/aromatic N) is 1. The van der Waals surface area contributed by atoms with Gasteiger partial charge in [-0.15, -0.1) is 0 Å². The topological polar surface area (TPSA) is 66.5 Å². The van der Waals surface area contributed by atoms with E-state index < -0.39 is 5.91 Å². The summed E-state index contributed by atoms with van der Waals surface area (Å²) in [4.78, 5) is 39.2. The van der Waals surface area contributed by atoms with Crippen LogP contribution in [-0.4, -0.2) is 29.2 Å². The molecule has 5 aliphatic rings. The van der Waals surface area contributed by atoms with E-state index in [4.69, 9.17) is 23.2 Å². The second kappa shape index (κ2) is 5.57. The van der Waals surface area contributed by atoms with Crippen molar-refractivity contribution in [3.05, 3.63) is 40.4 Å². The minimum absolute atomic E-state index is 0.162. The molecule has 134 valence electrons. The third kappa shape index (κ3) is 2.26. The van der Waals surface area contributed by atoms with Crippen LogP contribution in [0, 0.1) is 35.5 Å². The van der Waals surface area contributed by atoms with Crippen molar-refractivity contribution in [2.24, 2.45) is 35.5 Å². The molecule has 1 aromatic rings. The number of carbonyl (C=O) groups excluding carboxylic acids is 3. The Balaban J connectivity index is 1.32. The Labute approximate surface area is 160 Å². The summed E-state index contributed by atoms with van der Waals surface area (Å²) in [6.07, 6.45) is 5.35. The van der Waals surface area contributed by atoms with Crippen molar-refractivity contribution >= 4 is 46.6 Å². The van der Waals surface area contributed by atoms with E-state index >= 15 is 0 Å². The van der Waals surface area contributed by atoms with Crippen molar-refractivity contribution in [3.8, 4) is 0 Å². The first-order chi connectivity index (χ1) is 12.5. The number of anilines is 1. The van der Waals surface area contributed by atoms with Crippen LogP contribution in [0.1, 0.15) is 6.42 Å². The Hall–Kier alpha value is -1.85. The number of hydrogen-bond acceptors (Lipinski definition) is 3. The van der Waals surface area contributed by atoms with Gasteiger partial charge in [-0.1, -0.05) is 35.4 Å². The molecule has 2 bridgehead atoms. The van der Waals surface area contributed by atoms with E-state index in [9.17, 15) is 14.4 Å². The molecule has 1 heterocycles. The van der Waals surface area contributed by atoms with Gasteiger partial charge in [-0.05, 0) is 48.3 Å². The quantitative estimate of drug-likeness (QED) is 0.637. The summed E-state index contributed by atoms with van der Waals surface area (Å²) >= 11 is 11.8. The van der Waals surface area contributed by atoms with Crippen LogP contribution in [0.15, 0.2) is 30.4 Å². The molecule has 26 heavy (non-hydrogen) atoms. The van der Waals surface area contributed by atoms with Gasteiger partial charge in [-0.2, -0.15) is 0 Å². The lowest BCUT2D eigenvalue weighted by atomic mass is 9.63. The number of halogens is 2. The molecule has 0 radical (unpaired) electrons. The Morgan fingerprint density at radius 2 is 1.65 bits per heavy atom. The molecule has 3 fully saturated rings. The van der Waals surface area contributed by atoms with Crippen LogP contribution in [0.4, 0.5) is 5.69 Å². The molecule has 5 nitrogen and oxygen atoms in total. The summed E-state index contributed by atoms with van der Waals surface area (Å²) in [7, 11) is 0. The summed E-state index contributed by atoms with van der Waals surface area (Å²) in [6.45, 7) is -0.264. The van der Waals surface area contributed by atoms with Crippen molar-refractivity contribution in [1.29, 1.82) is 0 Å². The molecule has 7 heteroatoms. The van der Waals surface area contributed by atoms with E-state index in [-0.39, 0.29) is 42.0 Å². The van der Waals surface area contributed by atoms with E-state index in [2.05, 4.69) is 17.5 Å². The van der Waals surface area contributed by atoms with E-state index in [1.807, 2.05) is 0 Å². The molecule has 0 aromatic heterocycles. The zero-order valence-corrected chi connectivity index (χ0v) is 15.2. The number of carbonyl (C=O) groups is 3. The van der Waals surface area contributed by atoms with E-state index in [0.29, 0.717) is 27.6 Å². The first-order valence-corrected chi connectivity index (χ1v) is 9.50. The second-order valence-corrected chi connectivity index (χ2v) is 8.41. The van der Waals surface area contributed by atoms with Crippen LogP contribution in [0.2, 0.25) is 10.0 Å². The number of hydrogen-bond donors (Lipinski definition) is 1. The van der Waals surface area contributed by atoms with Gasteiger partial charge < -0.3 is 5.32 Å². The van der Waals surface area contributed by atoms with E-state index in [1.165, 1.54) is 6.07 Å². The average Bonchev–Trinajstić information content (AvgIpc) is 3.39. The molecule has 1 aromatic carbocycles. The highest BCUT2D eigenvalue weighted by Crippen LogP contribution is 2.65. The minimum Gasteiger partial charge on any atom is -0.324 e. The lowest BCUT2D eigenvalue weighted by Gasteiger charge is -2.37. The molecule has 2 saturated carbocycles. The lowest BCUT2D eigenvalue weighted by molar-refractivity contribution is -0.142. The number of likely N-dealkylation sites (tertiary alicyclic amines) is 1. The van der Waals surface area contributed by atoms with Gasteiger partial charge in [0.1, 0.15) is 6.54 Å². The van der Waals surface area contributed by atoms with Crippen molar-refractivity contribution in [2.75, 3.05) is 11.9 Å². The van der Waals surface area contributed by atoms with Gasteiger partial charge in [0.2, 0.25) is 17.7 Å². The number of imide groups is 1. The second-order valence-electron chi connectivity index (χ2n) is 7.59. The lowest BCUT2D eigenvalue weighted by Crippen LogP contribution is -2.40. The van der Waals surface area contributed by atoms with Crippen molar-refractivity contribution < 1.29 is 14.4 Å². The number of nitrogens with one attached hydrogen (secondary N) is 1. The monoisotopic (exact) mass is 390 g/mol. The molecule has 3 amide bonds. The minimum atomic E-state index is -0.422. The third-order valence-corrected chi connectivity index (χ3v) is 7.00. The summed E-state index contributed by atoms with van der Waals surface area (Å²) in [5.41, 5.74) is 0.476. The van der Waals surface area contributed by atoms with Gasteiger partial charge in [0.15, 0.2) is 0 Å². The summed E-state index contributed by atoms with van der Waals surface area (Å²) < 4.78 is 0. The molecule has 0 spiro atoms. The Morgan fingerprint density at radius 1 is 1.04 bits per heavy atom. The maximum absolute atomic E-state index is 12.8. The number of benzene rings is 1. The predicted molar refractivity (Wildman–Crippen MR) is 96.5 cm³/mol. The van der Waals surface area contributed by atoms with E-state index in [1.54, 1.807) is 12.1 Å². The standard InChI is InChI=1S/C19H16Cl2N2O3/c20-13-4-1-8(5-14(13)21)22-15(24)7-23-18(25)16-9-2-3-10(12-6-11(9)12)17(16)19(23)26/h1-5,9-12,16-17H,6-7H2,(H,22,24)/t9-,10+,11-,12-,16+,17-/m1/s1. The molecule has 6 rings (SSSR count). The molecule has 1 N–H and O–H groups in total. The zero-order chi connectivity index (χ0) is 18.2. The first kappa shape index (κ1) is 16.3. The maximum atomic E-state index is 12.8. The van der Waals surface area contributed by atoms with Gasteiger partial charge in [0.05, 0.1) is 21.9 Å². The number of rotatable bonds is 3. The first-order valence-electron chi connectivity index (χ1n) is 8.74. The van der Waals surface area contributed by atoms with Gasteiger partial charge in [-0.3, -0.25) is 19.3 Å². The highest BCUT2D eigenvalue weighted by atomic mass is 35.5. The fourth-order valence-electron chi connectivity index (χ4n) is 5.09. The Kier molecular flexibility index (Phi) is 3.50. The third-order valence-electron chi connectivity index (χ3n) is 6.26. The molecule has 6 atom stereocenters. The van der Waals surface area contributed by atoms with Crippen molar-refractivity contribution in [2.45, 2.75) is 6.42 Å². The van der Waals surface area contributed by atoms with Crippen LogP contribution in [-0.2, 0) is 14.4 Å². The fourth-order valence-corrected chi connectivity index (χ4v) is 5.39. The molecule has 1 saturated heterocycles. The smallest absolute Gasteiger partial charge is 0.244 e. The molecular weight excluding hydrogens is 375 g/mol. The van der Waals surface area contributed by atoms with Crippen molar-refractivity contribution in [3.63, 3.8) is 0 Å². The van der Waals surface area contributed by atoms with Crippen molar-refractivity contribution in [1.82, 2.24) is 4.90 Å². The largest absolute Gasteiger partial charge is 0.324 e.